The summed E-state index contributed by atoms with van der Waals surface area (Å²) >= 11 is 0. The predicted molar refractivity (Wildman–Crippen MR) is 115 cm³/mol. The fraction of sp³-hybridized carbons (Fsp3) is 0.130. The molecule has 0 amide bonds. The van der Waals surface area contributed by atoms with E-state index in [-0.39, 0.29) is 0 Å². The number of ether oxygens (including phenoxy) is 2. The highest BCUT2D eigenvalue weighted by molar-refractivity contribution is 5.95. The molecule has 30 heavy (non-hydrogen) atoms. The molecule has 4 aromatic rings. The standard InChI is InChI=1S/C23H21N4O3/c1-15-12-17(9-10-20(15)29-13-18-6-3-4-11-24-18)27-23-22-19(25-14-26-23)7-5-8-21(22)30-16(2)28/h3-12,14,16,28H,2,13H2,1H3,(H,25,26,27). The van der Waals surface area contributed by atoms with Crippen molar-refractivity contribution in [1.82, 2.24) is 15.0 Å². The zero-order valence-electron chi connectivity index (χ0n) is 16.4. The van der Waals surface area contributed by atoms with Crippen LogP contribution in [0.3, 0.4) is 0 Å². The number of benzene rings is 2. The Morgan fingerprint density at radius 3 is 2.70 bits per heavy atom. The van der Waals surface area contributed by atoms with E-state index in [4.69, 9.17) is 9.47 Å². The van der Waals surface area contributed by atoms with Crippen molar-refractivity contribution in [2.24, 2.45) is 0 Å². The van der Waals surface area contributed by atoms with E-state index in [1.165, 1.54) is 6.33 Å². The molecule has 0 aliphatic rings. The SMILES string of the molecule is [CH2]C(O)Oc1cccc2ncnc(Nc3ccc(OCc4ccccn4)c(C)c3)c12. The zero-order chi connectivity index (χ0) is 20.9. The third kappa shape index (κ3) is 4.47. The van der Waals surface area contributed by atoms with Gasteiger partial charge in [-0.05, 0) is 55.0 Å². The van der Waals surface area contributed by atoms with Gasteiger partial charge < -0.3 is 19.9 Å². The Balaban J connectivity index is 1.57. The number of nitrogens with zero attached hydrogens (tertiary/aromatic N) is 3. The second-order valence-corrected chi connectivity index (χ2v) is 6.66. The van der Waals surface area contributed by atoms with Crippen LogP contribution in [0.25, 0.3) is 10.9 Å². The van der Waals surface area contributed by atoms with Gasteiger partial charge >= 0.3 is 0 Å². The molecule has 0 saturated carbocycles. The molecule has 0 fully saturated rings. The summed E-state index contributed by atoms with van der Waals surface area (Å²) in [5.74, 6) is 1.80. The van der Waals surface area contributed by atoms with E-state index in [0.29, 0.717) is 29.1 Å². The van der Waals surface area contributed by atoms with E-state index in [2.05, 4.69) is 27.2 Å². The van der Waals surface area contributed by atoms with Gasteiger partial charge in [0.25, 0.3) is 0 Å². The van der Waals surface area contributed by atoms with Crippen molar-refractivity contribution in [3.63, 3.8) is 0 Å². The number of hydrogen-bond donors (Lipinski definition) is 2. The van der Waals surface area contributed by atoms with Gasteiger partial charge in [0, 0.05) is 18.8 Å². The highest BCUT2D eigenvalue weighted by Gasteiger charge is 2.12. The zero-order valence-corrected chi connectivity index (χ0v) is 16.4. The normalized spacial score (nSPS) is 11.8. The molecule has 7 heteroatoms. The molecule has 0 aliphatic carbocycles. The molecule has 0 bridgehead atoms. The van der Waals surface area contributed by atoms with Gasteiger partial charge in [-0.15, -0.1) is 0 Å². The molecule has 0 aliphatic heterocycles. The van der Waals surface area contributed by atoms with Gasteiger partial charge in [0.15, 0.2) is 6.29 Å². The van der Waals surface area contributed by atoms with Crippen LogP contribution in [0.15, 0.2) is 67.1 Å². The van der Waals surface area contributed by atoms with E-state index in [0.717, 1.165) is 22.7 Å². The summed E-state index contributed by atoms with van der Waals surface area (Å²) in [7, 11) is 0. The van der Waals surface area contributed by atoms with Crippen LogP contribution >= 0.6 is 0 Å². The molecule has 151 valence electrons. The number of hydrogen-bond acceptors (Lipinski definition) is 7. The summed E-state index contributed by atoms with van der Waals surface area (Å²) in [6, 6.07) is 16.9. The van der Waals surface area contributed by atoms with Crippen LogP contribution in [0.5, 0.6) is 11.5 Å². The van der Waals surface area contributed by atoms with E-state index in [1.54, 1.807) is 18.3 Å². The average Bonchev–Trinajstić information content (AvgIpc) is 2.74. The highest BCUT2D eigenvalue weighted by Crippen LogP contribution is 2.33. The number of aliphatic hydroxyl groups is 1. The van der Waals surface area contributed by atoms with E-state index >= 15 is 0 Å². The van der Waals surface area contributed by atoms with E-state index in [9.17, 15) is 5.11 Å². The fourth-order valence-electron chi connectivity index (χ4n) is 3.08. The second-order valence-electron chi connectivity index (χ2n) is 6.66. The molecule has 2 aromatic carbocycles. The Kier molecular flexibility index (Phi) is 5.72. The second kappa shape index (κ2) is 8.75. The molecule has 0 spiro atoms. The summed E-state index contributed by atoms with van der Waals surface area (Å²) in [4.78, 5) is 12.9. The van der Waals surface area contributed by atoms with Crippen LogP contribution in [0.1, 0.15) is 11.3 Å². The fourth-order valence-corrected chi connectivity index (χ4v) is 3.08. The van der Waals surface area contributed by atoms with Crippen LogP contribution in [-0.4, -0.2) is 26.3 Å². The van der Waals surface area contributed by atoms with Gasteiger partial charge in [0.05, 0.1) is 16.6 Å². The lowest BCUT2D eigenvalue weighted by molar-refractivity contribution is 0.0235. The first kappa shape index (κ1) is 19.6. The lowest BCUT2D eigenvalue weighted by atomic mass is 10.1. The number of aromatic nitrogens is 3. The van der Waals surface area contributed by atoms with Gasteiger partial charge in [-0.25, -0.2) is 9.97 Å². The maximum absolute atomic E-state index is 9.53. The summed E-state index contributed by atoms with van der Waals surface area (Å²) < 4.78 is 11.3. The molecule has 7 nitrogen and oxygen atoms in total. The number of fused-ring (bicyclic) bond motifs is 1. The number of anilines is 2. The van der Waals surface area contributed by atoms with E-state index in [1.807, 2.05) is 49.4 Å². The lowest BCUT2D eigenvalue weighted by Crippen LogP contribution is -2.11. The Hall–Kier alpha value is -3.71. The van der Waals surface area contributed by atoms with Crippen LogP contribution < -0.4 is 14.8 Å². The van der Waals surface area contributed by atoms with E-state index < -0.39 is 6.29 Å². The van der Waals surface area contributed by atoms with Crippen molar-refractivity contribution in [1.29, 1.82) is 0 Å². The topological polar surface area (TPSA) is 89.4 Å². The molecular formula is C23H21N4O3. The van der Waals surface area contributed by atoms with Gasteiger partial charge in [0.1, 0.15) is 30.3 Å². The monoisotopic (exact) mass is 401 g/mol. The molecular weight excluding hydrogens is 380 g/mol. The molecule has 2 N–H and O–H groups in total. The maximum atomic E-state index is 9.53. The quantitative estimate of drug-likeness (QED) is 0.449. The summed E-state index contributed by atoms with van der Waals surface area (Å²) in [6.45, 7) is 5.85. The number of nitrogens with one attached hydrogen (secondary N) is 1. The van der Waals surface area contributed by atoms with Gasteiger partial charge in [-0.1, -0.05) is 12.1 Å². The Bertz CT molecular complexity index is 1140. The van der Waals surface area contributed by atoms with Crippen molar-refractivity contribution in [2.75, 3.05) is 5.32 Å². The molecule has 1 radical (unpaired) electrons. The molecule has 0 saturated heterocycles. The molecule has 4 rings (SSSR count). The number of aryl methyl sites for hydroxylation is 1. The first-order valence-electron chi connectivity index (χ1n) is 9.42. The first-order valence-corrected chi connectivity index (χ1v) is 9.42. The Labute approximate surface area is 174 Å². The van der Waals surface area contributed by atoms with Crippen molar-refractivity contribution < 1.29 is 14.6 Å². The summed E-state index contributed by atoms with van der Waals surface area (Å²) in [5, 5.41) is 13.5. The van der Waals surface area contributed by atoms with Crippen molar-refractivity contribution in [3.05, 3.63) is 85.3 Å². The minimum atomic E-state index is -1.19. The van der Waals surface area contributed by atoms with Crippen LogP contribution in [-0.2, 0) is 6.61 Å². The maximum Gasteiger partial charge on any atom is 0.197 e. The summed E-state index contributed by atoms with van der Waals surface area (Å²) in [5.41, 5.74) is 3.37. The average molecular weight is 401 g/mol. The molecule has 2 aromatic heterocycles. The first-order chi connectivity index (χ1) is 14.6. The Morgan fingerprint density at radius 1 is 1.03 bits per heavy atom. The van der Waals surface area contributed by atoms with Gasteiger partial charge in [-0.3, -0.25) is 4.98 Å². The van der Waals surface area contributed by atoms with Crippen LogP contribution in [0.2, 0.25) is 0 Å². The van der Waals surface area contributed by atoms with Crippen LogP contribution in [0.4, 0.5) is 11.5 Å². The smallest absolute Gasteiger partial charge is 0.197 e. The van der Waals surface area contributed by atoms with Gasteiger partial charge in [0.2, 0.25) is 0 Å². The van der Waals surface area contributed by atoms with Crippen molar-refractivity contribution in [2.45, 2.75) is 19.8 Å². The minimum absolute atomic E-state index is 0.402. The van der Waals surface area contributed by atoms with Crippen molar-refractivity contribution in [3.8, 4) is 11.5 Å². The van der Waals surface area contributed by atoms with Crippen molar-refractivity contribution >= 4 is 22.4 Å². The molecule has 1 unspecified atom stereocenters. The van der Waals surface area contributed by atoms with Gasteiger partial charge in [-0.2, -0.15) is 0 Å². The number of pyridine rings is 1. The third-order valence-corrected chi connectivity index (χ3v) is 4.43. The largest absolute Gasteiger partial charge is 0.487 e. The number of rotatable bonds is 7. The Morgan fingerprint density at radius 2 is 1.93 bits per heavy atom. The van der Waals surface area contributed by atoms with Crippen LogP contribution in [0, 0.1) is 13.8 Å². The highest BCUT2D eigenvalue weighted by atomic mass is 16.6. The third-order valence-electron chi connectivity index (χ3n) is 4.43. The minimum Gasteiger partial charge on any atom is -0.487 e. The number of aliphatic hydroxyl groups excluding tert-OH is 1. The molecule has 1 atom stereocenters. The summed E-state index contributed by atoms with van der Waals surface area (Å²) in [6.07, 6.45) is 2.03. The predicted octanol–water partition coefficient (Wildman–Crippen LogP) is 4.19. The lowest BCUT2D eigenvalue weighted by Gasteiger charge is -2.15. The molecule has 2 heterocycles.